The second-order valence-corrected chi connectivity index (χ2v) is 11.7. The van der Waals surface area contributed by atoms with Gasteiger partial charge in [0.25, 0.3) is 0 Å². The van der Waals surface area contributed by atoms with Crippen LogP contribution in [0.2, 0.25) is 0 Å². The highest BCUT2D eigenvalue weighted by Crippen LogP contribution is 2.66. The number of para-hydroxylation sites is 2. The summed E-state index contributed by atoms with van der Waals surface area (Å²) < 4.78 is 0. The van der Waals surface area contributed by atoms with E-state index in [2.05, 4.69) is 65.0 Å². The standard InChI is InChI=1S/C30H33N7S/c1-23(2)34-15-13-30(14-16-34)28(17-31)19-35(24-9-5-3-6-10-24)20-29(30,18-32)27(38)37-22-36(21-33-26(28)37)25-11-7-4-8-12-25/h3-12,23H,13-16,19-22H2,1-2H3. The molecule has 0 aromatic heterocycles. The quantitative estimate of drug-likeness (QED) is 0.549. The van der Waals surface area contributed by atoms with Crippen molar-refractivity contribution < 1.29 is 0 Å². The van der Waals surface area contributed by atoms with Gasteiger partial charge in [0.05, 0.1) is 18.8 Å². The Morgan fingerprint density at radius 1 is 0.842 bits per heavy atom. The van der Waals surface area contributed by atoms with Crippen molar-refractivity contribution in [1.29, 1.82) is 10.5 Å². The molecule has 2 bridgehead atoms. The monoisotopic (exact) mass is 523 g/mol. The maximum absolute atomic E-state index is 11.2. The van der Waals surface area contributed by atoms with Crippen LogP contribution in [0, 0.1) is 38.9 Å². The predicted octanol–water partition coefficient (Wildman–Crippen LogP) is 4.49. The summed E-state index contributed by atoms with van der Waals surface area (Å²) in [6, 6.07) is 26.3. The molecule has 3 fully saturated rings. The Balaban J connectivity index is 1.52. The van der Waals surface area contributed by atoms with E-state index in [4.69, 9.17) is 17.2 Å². The molecule has 2 aromatic carbocycles. The average molecular weight is 524 g/mol. The van der Waals surface area contributed by atoms with E-state index in [9.17, 15) is 10.5 Å². The number of thiocarbonyl (C=S) groups is 1. The van der Waals surface area contributed by atoms with Crippen molar-refractivity contribution in [3.05, 3.63) is 60.7 Å². The molecular weight excluding hydrogens is 490 g/mol. The van der Waals surface area contributed by atoms with Gasteiger partial charge in [0.15, 0.2) is 0 Å². The summed E-state index contributed by atoms with van der Waals surface area (Å²) in [5, 5.41) is 22.3. The lowest BCUT2D eigenvalue weighted by molar-refractivity contribution is -0.0500. The Morgan fingerprint density at radius 2 is 1.39 bits per heavy atom. The van der Waals surface area contributed by atoms with Gasteiger partial charge in [-0.3, -0.25) is 0 Å². The molecule has 6 rings (SSSR count). The molecule has 1 spiro atoms. The maximum Gasteiger partial charge on any atom is 0.140 e. The van der Waals surface area contributed by atoms with Gasteiger partial charge in [0.1, 0.15) is 28.3 Å². The first-order chi connectivity index (χ1) is 18.4. The van der Waals surface area contributed by atoms with Crippen LogP contribution in [0.5, 0.6) is 0 Å². The third-order valence-electron chi connectivity index (χ3n) is 9.45. The second kappa shape index (κ2) is 9.08. The van der Waals surface area contributed by atoms with E-state index in [1.54, 1.807) is 0 Å². The SMILES string of the molecule is CC(C)N1CCC2(CC1)C1(C#N)CN(c3ccccc3)CC2(C#N)C2=NCN(c3ccccc3)CN2C1=S. The van der Waals surface area contributed by atoms with Crippen LogP contribution >= 0.6 is 12.2 Å². The third kappa shape index (κ3) is 3.27. The summed E-state index contributed by atoms with van der Waals surface area (Å²) in [5.41, 5.74) is -0.475. The lowest BCUT2D eigenvalue weighted by Gasteiger charge is -2.68. The first kappa shape index (κ1) is 24.9. The van der Waals surface area contributed by atoms with Crippen LogP contribution in [-0.4, -0.2) is 66.2 Å². The molecule has 2 unspecified atom stereocenters. The first-order valence-corrected chi connectivity index (χ1v) is 13.9. The number of amidine groups is 1. The second-order valence-electron chi connectivity index (χ2n) is 11.3. The molecule has 0 amide bonds. The molecule has 3 saturated heterocycles. The molecule has 38 heavy (non-hydrogen) atoms. The number of rotatable bonds is 3. The molecule has 0 saturated carbocycles. The van der Waals surface area contributed by atoms with Gasteiger partial charge in [-0.1, -0.05) is 48.6 Å². The van der Waals surface area contributed by atoms with Crippen LogP contribution < -0.4 is 9.80 Å². The molecule has 0 aliphatic carbocycles. The number of anilines is 2. The van der Waals surface area contributed by atoms with Crippen molar-refractivity contribution >= 4 is 34.4 Å². The summed E-state index contributed by atoms with van der Waals surface area (Å²) in [6.07, 6.45) is 1.51. The van der Waals surface area contributed by atoms with Gasteiger partial charge in [-0.2, -0.15) is 10.5 Å². The minimum absolute atomic E-state index is 0.419. The predicted molar refractivity (Wildman–Crippen MR) is 154 cm³/mol. The highest BCUT2D eigenvalue weighted by molar-refractivity contribution is 7.80. The summed E-state index contributed by atoms with van der Waals surface area (Å²) in [5.74, 6) is 0.752. The average Bonchev–Trinajstić information content (AvgIpc) is 2.97. The van der Waals surface area contributed by atoms with Crippen LogP contribution in [0.3, 0.4) is 0 Å². The van der Waals surface area contributed by atoms with Gasteiger partial charge in [-0.25, -0.2) is 4.99 Å². The highest BCUT2D eigenvalue weighted by atomic mass is 32.1. The van der Waals surface area contributed by atoms with Gasteiger partial charge in [0.2, 0.25) is 0 Å². The number of aliphatic imine (C=N–C) groups is 1. The fraction of sp³-hybridized carbons (Fsp3) is 0.467. The van der Waals surface area contributed by atoms with Crippen LogP contribution in [-0.2, 0) is 0 Å². The molecule has 7 nitrogen and oxygen atoms in total. The lowest BCUT2D eigenvalue weighted by atomic mass is 9.43. The zero-order chi connectivity index (χ0) is 26.5. The van der Waals surface area contributed by atoms with Gasteiger partial charge in [0, 0.05) is 35.9 Å². The Labute approximate surface area is 230 Å². The minimum Gasteiger partial charge on any atom is -0.367 e. The topological polar surface area (TPSA) is 72.9 Å². The van der Waals surface area contributed by atoms with E-state index in [0.717, 1.165) is 43.1 Å². The van der Waals surface area contributed by atoms with Crippen molar-refractivity contribution in [2.24, 2.45) is 21.2 Å². The molecule has 4 aliphatic rings. The molecular formula is C30H33N7S. The lowest BCUT2D eigenvalue weighted by Crippen LogP contribution is -2.80. The number of nitriles is 2. The van der Waals surface area contributed by atoms with Gasteiger partial charge < -0.3 is 19.6 Å². The Kier molecular flexibility index (Phi) is 5.94. The van der Waals surface area contributed by atoms with Gasteiger partial charge in [-0.15, -0.1) is 0 Å². The van der Waals surface area contributed by atoms with Crippen molar-refractivity contribution in [2.45, 2.75) is 32.7 Å². The molecule has 4 aliphatic heterocycles. The molecule has 4 heterocycles. The minimum atomic E-state index is -0.992. The summed E-state index contributed by atoms with van der Waals surface area (Å²) >= 11 is 6.31. The van der Waals surface area contributed by atoms with E-state index in [1.165, 1.54) is 0 Å². The summed E-state index contributed by atoms with van der Waals surface area (Å²) in [7, 11) is 0. The number of benzene rings is 2. The van der Waals surface area contributed by atoms with E-state index < -0.39 is 16.2 Å². The number of likely N-dealkylation sites (tertiary alicyclic amines) is 1. The Bertz CT molecular complexity index is 1340. The van der Waals surface area contributed by atoms with Crippen LogP contribution in [0.1, 0.15) is 26.7 Å². The fourth-order valence-electron chi connectivity index (χ4n) is 7.41. The zero-order valence-corrected chi connectivity index (χ0v) is 22.9. The molecule has 0 N–H and O–H groups in total. The summed E-state index contributed by atoms with van der Waals surface area (Å²) in [4.78, 5) is 14.6. The van der Waals surface area contributed by atoms with Gasteiger partial charge in [-0.05, 0) is 64.0 Å². The smallest absolute Gasteiger partial charge is 0.140 e. The summed E-state index contributed by atoms with van der Waals surface area (Å²) in [6.45, 7) is 8.06. The van der Waals surface area contributed by atoms with E-state index in [1.807, 2.05) is 41.3 Å². The molecule has 194 valence electrons. The zero-order valence-electron chi connectivity index (χ0n) is 22.0. The van der Waals surface area contributed by atoms with Crippen LogP contribution in [0.25, 0.3) is 0 Å². The number of nitrogens with zero attached hydrogens (tertiary/aromatic N) is 7. The molecule has 2 aromatic rings. The van der Waals surface area contributed by atoms with Crippen molar-refractivity contribution in [3.63, 3.8) is 0 Å². The Morgan fingerprint density at radius 3 is 1.95 bits per heavy atom. The first-order valence-electron chi connectivity index (χ1n) is 13.4. The molecule has 8 heteroatoms. The number of hydrogen-bond acceptors (Lipinski definition) is 7. The largest absolute Gasteiger partial charge is 0.367 e. The van der Waals surface area contributed by atoms with Crippen molar-refractivity contribution in [3.8, 4) is 12.1 Å². The normalized spacial score (nSPS) is 28.5. The van der Waals surface area contributed by atoms with E-state index in [0.29, 0.717) is 37.5 Å². The number of hydrogen-bond donors (Lipinski definition) is 0. The van der Waals surface area contributed by atoms with Crippen LogP contribution in [0.15, 0.2) is 65.7 Å². The van der Waals surface area contributed by atoms with Crippen molar-refractivity contribution in [1.82, 2.24) is 9.80 Å². The van der Waals surface area contributed by atoms with E-state index >= 15 is 0 Å². The maximum atomic E-state index is 11.2. The number of piperidine rings is 3. The fourth-order valence-corrected chi connectivity index (χ4v) is 7.86. The molecule has 0 radical (unpaired) electrons. The number of fused-ring (bicyclic) bond motifs is 2. The van der Waals surface area contributed by atoms with Crippen LogP contribution in [0.4, 0.5) is 11.4 Å². The third-order valence-corrected chi connectivity index (χ3v) is 10.0. The van der Waals surface area contributed by atoms with Crippen molar-refractivity contribution in [2.75, 3.05) is 49.3 Å². The molecule has 2 atom stereocenters. The van der Waals surface area contributed by atoms with E-state index in [-0.39, 0.29) is 0 Å². The van der Waals surface area contributed by atoms with Gasteiger partial charge >= 0.3 is 0 Å². The Hall–Kier alpha value is -3.46. The highest BCUT2D eigenvalue weighted by Gasteiger charge is 2.76.